The maximum Gasteiger partial charge on any atom is 0.407 e. The van der Waals surface area contributed by atoms with Crippen LogP contribution in [0.1, 0.15) is 57.8 Å². The van der Waals surface area contributed by atoms with Crippen molar-refractivity contribution in [2.75, 3.05) is 13.1 Å². The molecule has 2 aliphatic carbocycles. The Morgan fingerprint density at radius 2 is 0.470 bits per heavy atom. The fourth-order valence-corrected chi connectivity index (χ4v) is 8.31. The molecule has 0 radical (unpaired) electrons. The van der Waals surface area contributed by atoms with Gasteiger partial charge in [-0.2, -0.15) is 158 Å². The second-order valence-electron chi connectivity index (χ2n) is 18.7. The van der Waals surface area contributed by atoms with Crippen LogP contribution < -0.4 is 0 Å². The molecule has 2 N–H and O–H groups in total. The Morgan fingerprint density at radius 3 is 0.639 bits per heavy atom. The van der Waals surface area contributed by atoms with Gasteiger partial charge in [-0.05, 0) is 69.6 Å². The van der Waals surface area contributed by atoms with Crippen LogP contribution in [0.15, 0.2) is 0 Å². The molecule has 0 spiro atoms. The summed E-state index contributed by atoms with van der Waals surface area (Å²) in [6.45, 7) is -7.22. The number of hydrogen-bond acceptors (Lipinski definition) is 2. The van der Waals surface area contributed by atoms with Gasteiger partial charge in [0.15, 0.2) is 0 Å². The highest BCUT2D eigenvalue weighted by molar-refractivity contribution is 5.66. The number of nitrogens with zero attached hydrogens (tertiary/aromatic N) is 2. The second-order valence-corrected chi connectivity index (χ2v) is 18.7. The molecule has 0 saturated heterocycles. The molecule has 492 valence electrons. The molecule has 2 fully saturated rings. The number of carbonyl (C=O) groups is 2. The predicted octanol–water partition coefficient (Wildman–Crippen LogP) is 16.4. The summed E-state index contributed by atoms with van der Waals surface area (Å²) in [4.78, 5) is 21.5. The first-order chi connectivity index (χ1) is 36.1. The van der Waals surface area contributed by atoms with E-state index in [1.54, 1.807) is 0 Å². The summed E-state index contributed by atoms with van der Waals surface area (Å²) >= 11 is 0. The third-order valence-corrected chi connectivity index (χ3v) is 13.4. The highest BCUT2D eigenvalue weighted by Gasteiger charge is 2.99. The molecule has 0 unspecified atom stereocenters. The molecule has 0 atom stereocenters. The van der Waals surface area contributed by atoms with Gasteiger partial charge < -0.3 is 10.2 Å². The van der Waals surface area contributed by atoms with Gasteiger partial charge in [-0.1, -0.05) is 0 Å². The summed E-state index contributed by atoms with van der Waals surface area (Å²) in [5.74, 6) is -159. The van der Waals surface area contributed by atoms with Crippen LogP contribution in [0, 0.1) is 11.8 Å². The highest BCUT2D eigenvalue weighted by atomic mass is 19.4. The van der Waals surface area contributed by atoms with E-state index < -0.39 is 230 Å². The molecule has 46 heteroatoms. The maximum absolute atomic E-state index is 14.9. The number of halogens is 40. The number of amides is 2. The average molecular weight is 1330 g/mol. The van der Waals surface area contributed by atoms with E-state index in [0.29, 0.717) is 0 Å². The van der Waals surface area contributed by atoms with Crippen LogP contribution in [-0.2, 0) is 0 Å². The summed E-state index contributed by atoms with van der Waals surface area (Å²) in [5.41, 5.74) is 0. The zero-order chi connectivity index (χ0) is 66.6. The van der Waals surface area contributed by atoms with Crippen molar-refractivity contribution in [3.8, 4) is 0 Å². The molecule has 83 heavy (non-hydrogen) atoms. The van der Waals surface area contributed by atoms with E-state index in [2.05, 4.69) is 0 Å². The van der Waals surface area contributed by atoms with Crippen LogP contribution in [0.5, 0.6) is 0 Å². The van der Waals surface area contributed by atoms with Gasteiger partial charge in [-0.15, -0.1) is 0 Å². The molecule has 2 amide bonds. The van der Waals surface area contributed by atoms with Crippen LogP contribution in [-0.4, -0.2) is 177 Å². The molecule has 0 aliphatic heterocycles. The zero-order valence-corrected chi connectivity index (χ0v) is 39.0. The van der Waals surface area contributed by atoms with E-state index in [-0.39, 0.29) is 6.42 Å². The van der Waals surface area contributed by atoms with Gasteiger partial charge in [-0.3, -0.25) is 9.80 Å². The molecule has 6 nitrogen and oxygen atoms in total. The van der Waals surface area contributed by atoms with Crippen LogP contribution in [0.2, 0.25) is 0 Å². The maximum atomic E-state index is 14.9. The lowest BCUT2D eigenvalue weighted by Crippen LogP contribution is -2.76. The van der Waals surface area contributed by atoms with Crippen molar-refractivity contribution in [3.63, 3.8) is 0 Å². The topological polar surface area (TPSA) is 81.1 Å². The molecule has 2 aliphatic rings. The van der Waals surface area contributed by atoms with Crippen molar-refractivity contribution < 1.29 is 195 Å². The molecular formula is C37H30F40N2O4. The summed E-state index contributed by atoms with van der Waals surface area (Å²) < 4.78 is 556. The van der Waals surface area contributed by atoms with E-state index in [4.69, 9.17) is 0 Å². The van der Waals surface area contributed by atoms with E-state index in [9.17, 15) is 195 Å². The van der Waals surface area contributed by atoms with Crippen molar-refractivity contribution >= 4 is 12.2 Å². The monoisotopic (exact) mass is 1330 g/mol. The summed E-state index contributed by atoms with van der Waals surface area (Å²) in [6, 6.07) is -4.48. The number of alkyl halides is 40. The van der Waals surface area contributed by atoms with E-state index in [0.717, 1.165) is 0 Å². The van der Waals surface area contributed by atoms with Gasteiger partial charge in [0.1, 0.15) is 0 Å². The van der Waals surface area contributed by atoms with Gasteiger partial charge in [0.05, 0.1) is 13.1 Å². The molecule has 0 bridgehead atoms. The lowest BCUT2D eigenvalue weighted by molar-refractivity contribution is -0.465. The molecule has 0 heterocycles. The quantitative estimate of drug-likeness (QED) is 0.0846. The molecule has 0 aromatic rings. The number of carboxylic acid groups (broad SMARTS) is 2. The summed E-state index contributed by atoms with van der Waals surface area (Å²) in [5, 5.41) is 18.7. The lowest BCUT2D eigenvalue weighted by atomic mass is 9.75. The lowest BCUT2D eigenvalue weighted by Gasteiger charge is -2.45. The first-order valence-electron chi connectivity index (χ1n) is 21.5. The van der Waals surface area contributed by atoms with Crippen molar-refractivity contribution in [1.82, 2.24) is 9.80 Å². The van der Waals surface area contributed by atoms with Crippen LogP contribution in [0.25, 0.3) is 0 Å². The Morgan fingerprint density at radius 1 is 0.301 bits per heavy atom. The van der Waals surface area contributed by atoms with E-state index in [1.807, 2.05) is 0 Å². The third-order valence-electron chi connectivity index (χ3n) is 13.4. The summed E-state index contributed by atoms with van der Waals surface area (Å²) in [7, 11) is 0. The number of rotatable bonds is 26. The molecule has 2 rings (SSSR count). The van der Waals surface area contributed by atoms with Crippen LogP contribution in [0.4, 0.5) is 185 Å². The van der Waals surface area contributed by atoms with E-state index >= 15 is 0 Å². The first kappa shape index (κ1) is 74.8. The van der Waals surface area contributed by atoms with Gasteiger partial charge in [0.2, 0.25) is 0 Å². The van der Waals surface area contributed by atoms with Gasteiger partial charge in [-0.25, -0.2) is 27.2 Å². The first-order valence-corrected chi connectivity index (χ1v) is 21.5. The largest absolute Gasteiger partial charge is 0.465 e. The fraction of sp³-hybridized carbons (Fsp3) is 0.946. The van der Waals surface area contributed by atoms with Crippen molar-refractivity contribution in [2.24, 2.45) is 11.8 Å². The standard InChI is InChI=1S/C37H30F40N2O4/c38-16(39)22(46,47)26(54,55)30(62,63)34(70,71)36(74,75)32(66,67)28(58,59)24(50,51)20(42,43)10-78(18(80)81)14-5-1-12(2-6-14)9-13-3-7-15(8-4-13)79(19(82)83)11-21(44,45)25(52,53)29(60,61)33(68,69)37(76,77)35(72,73)31(64,65)27(56,57)23(48,49)17(40)41/h12-17H,1-11H2,(H,80,81)(H,82,83). The van der Waals surface area contributed by atoms with Gasteiger partial charge in [0, 0.05) is 12.1 Å². The van der Waals surface area contributed by atoms with Crippen LogP contribution in [0.3, 0.4) is 0 Å². The van der Waals surface area contributed by atoms with Crippen molar-refractivity contribution in [3.05, 3.63) is 0 Å². The third kappa shape index (κ3) is 11.0. The van der Waals surface area contributed by atoms with Crippen molar-refractivity contribution in [2.45, 2.75) is 189 Å². The molecular weight excluding hydrogens is 1300 g/mol. The van der Waals surface area contributed by atoms with E-state index in [1.165, 1.54) is 0 Å². The minimum absolute atomic E-state index is 0.363. The Balaban J connectivity index is 2.31. The van der Waals surface area contributed by atoms with Crippen molar-refractivity contribution in [1.29, 1.82) is 0 Å². The fourth-order valence-electron chi connectivity index (χ4n) is 8.31. The Bertz CT molecular complexity index is 2120. The van der Waals surface area contributed by atoms with Gasteiger partial charge in [0.25, 0.3) is 0 Å². The molecule has 2 saturated carbocycles. The molecule has 0 aromatic carbocycles. The zero-order valence-electron chi connectivity index (χ0n) is 39.0. The molecule has 0 aromatic heterocycles. The minimum Gasteiger partial charge on any atom is -0.465 e. The van der Waals surface area contributed by atoms with Crippen LogP contribution >= 0.6 is 0 Å². The highest BCUT2D eigenvalue weighted by Crippen LogP contribution is 2.68. The second kappa shape index (κ2) is 21.9. The number of hydrogen-bond donors (Lipinski definition) is 2. The Hall–Kier alpha value is -4.26. The predicted molar refractivity (Wildman–Crippen MR) is 187 cm³/mol. The Labute approximate surface area is 432 Å². The van der Waals surface area contributed by atoms with Gasteiger partial charge >= 0.3 is 132 Å². The summed E-state index contributed by atoms with van der Waals surface area (Å²) in [6.07, 6.45) is -25.3. The Kier molecular flexibility index (Phi) is 19.7. The SMILES string of the molecule is O=C(O)N(CC(F)(F)C(F)(F)C(F)(F)C(F)(F)C(F)(F)C(F)(F)C(F)(F)C(F)(F)C(F)(F)C(F)F)C1CCC(CC2CCC(N(CC(F)(F)C(F)(F)C(F)(F)C(F)(F)C(F)(F)C(F)(F)C(F)(F)C(F)(F)C(F)(F)C(F)F)C(=O)O)CC2)CC1. The smallest absolute Gasteiger partial charge is 0.407 e. The average Bonchev–Trinajstić information content (AvgIpc) is 3.31. The normalized spacial score (nSPS) is 21.4. The minimum atomic E-state index is -9.37.